The van der Waals surface area contributed by atoms with Crippen molar-refractivity contribution in [1.29, 1.82) is 0 Å². The number of amides is 2. The van der Waals surface area contributed by atoms with E-state index >= 15 is 0 Å². The fraction of sp³-hybridized carbons (Fsp3) is 0.545. The minimum atomic E-state index is -0.399. The van der Waals surface area contributed by atoms with E-state index in [1.165, 1.54) is 0 Å². The van der Waals surface area contributed by atoms with Crippen molar-refractivity contribution in [1.82, 2.24) is 14.7 Å². The molecule has 2 saturated heterocycles. The lowest BCUT2D eigenvalue weighted by atomic mass is 9.82. The quantitative estimate of drug-likeness (QED) is 0.788. The van der Waals surface area contributed by atoms with E-state index in [4.69, 9.17) is 9.31 Å². The first-order valence-electron chi connectivity index (χ1n) is 10.7. The Morgan fingerprint density at radius 3 is 2.47 bits per heavy atom. The maximum absolute atomic E-state index is 12.6. The molecule has 2 aliphatic heterocycles. The van der Waals surface area contributed by atoms with E-state index in [0.717, 1.165) is 29.6 Å². The minimum absolute atomic E-state index is 0.0441. The van der Waals surface area contributed by atoms with E-state index in [1.54, 1.807) is 0 Å². The van der Waals surface area contributed by atoms with Gasteiger partial charge < -0.3 is 19.5 Å². The Morgan fingerprint density at radius 2 is 1.83 bits per heavy atom. The molecule has 0 unspecified atom stereocenters. The number of hydrogen-bond acceptors (Lipinski definition) is 4. The molecule has 0 bridgehead atoms. The molecule has 1 aromatic heterocycles. The number of benzene rings is 1. The van der Waals surface area contributed by atoms with Gasteiger partial charge in [0, 0.05) is 36.6 Å². The van der Waals surface area contributed by atoms with Crippen LogP contribution in [-0.2, 0) is 9.31 Å². The van der Waals surface area contributed by atoms with Crippen molar-refractivity contribution < 1.29 is 14.1 Å². The number of nitrogens with one attached hydrogen (secondary N) is 1. The molecule has 2 aliphatic rings. The van der Waals surface area contributed by atoms with E-state index in [0.29, 0.717) is 13.1 Å². The summed E-state index contributed by atoms with van der Waals surface area (Å²) in [6.45, 7) is 11.6. The van der Waals surface area contributed by atoms with Crippen LogP contribution >= 0.6 is 0 Å². The van der Waals surface area contributed by atoms with Gasteiger partial charge in [-0.05, 0) is 65.2 Å². The first-order valence-corrected chi connectivity index (χ1v) is 10.7. The molecule has 30 heavy (non-hydrogen) atoms. The largest absolute Gasteiger partial charge is 0.498 e. The van der Waals surface area contributed by atoms with Crippen molar-refractivity contribution in [2.75, 3.05) is 18.4 Å². The Morgan fingerprint density at radius 1 is 1.17 bits per heavy atom. The first kappa shape index (κ1) is 20.9. The lowest BCUT2D eigenvalue weighted by Gasteiger charge is -2.32. The van der Waals surface area contributed by atoms with Crippen molar-refractivity contribution in [3.8, 4) is 0 Å². The van der Waals surface area contributed by atoms with Crippen molar-refractivity contribution in [3.63, 3.8) is 0 Å². The normalized spacial score (nSPS) is 21.1. The number of rotatable bonds is 3. The van der Waals surface area contributed by atoms with Gasteiger partial charge in [0.2, 0.25) is 0 Å². The molecule has 3 heterocycles. The molecule has 1 N–H and O–H groups in total. The molecule has 160 valence electrons. The monoisotopic (exact) mass is 410 g/mol. The summed E-state index contributed by atoms with van der Waals surface area (Å²) in [4.78, 5) is 14.5. The van der Waals surface area contributed by atoms with Crippen LogP contribution in [-0.4, -0.2) is 52.1 Å². The van der Waals surface area contributed by atoms with Gasteiger partial charge in [-0.2, -0.15) is 5.10 Å². The van der Waals surface area contributed by atoms with E-state index in [2.05, 4.69) is 38.1 Å². The first-order chi connectivity index (χ1) is 14.1. The third-order valence-corrected chi connectivity index (χ3v) is 6.54. The molecule has 7 nitrogen and oxygen atoms in total. The van der Waals surface area contributed by atoms with Gasteiger partial charge in [0.25, 0.3) is 0 Å². The zero-order chi connectivity index (χ0) is 21.5. The second kappa shape index (κ2) is 7.74. The van der Waals surface area contributed by atoms with Crippen LogP contribution in [0.25, 0.3) is 0 Å². The predicted molar refractivity (Wildman–Crippen MR) is 118 cm³/mol. The van der Waals surface area contributed by atoms with E-state index in [9.17, 15) is 4.79 Å². The third-order valence-electron chi connectivity index (χ3n) is 6.54. The van der Waals surface area contributed by atoms with Gasteiger partial charge in [0.1, 0.15) is 0 Å². The summed E-state index contributed by atoms with van der Waals surface area (Å²) in [5.74, 6) is 0. The fourth-order valence-electron chi connectivity index (χ4n) is 3.91. The van der Waals surface area contributed by atoms with Gasteiger partial charge in [0.05, 0.1) is 17.2 Å². The summed E-state index contributed by atoms with van der Waals surface area (Å²) in [7, 11) is -0.399. The zero-order valence-electron chi connectivity index (χ0n) is 18.5. The van der Waals surface area contributed by atoms with Crippen LogP contribution < -0.4 is 10.8 Å². The second-order valence-electron chi connectivity index (χ2n) is 9.36. The van der Waals surface area contributed by atoms with Crippen LogP contribution in [0.15, 0.2) is 36.7 Å². The van der Waals surface area contributed by atoms with E-state index in [-0.39, 0.29) is 23.3 Å². The van der Waals surface area contributed by atoms with Crippen LogP contribution in [0.3, 0.4) is 0 Å². The van der Waals surface area contributed by atoms with Crippen LogP contribution in [0.2, 0.25) is 0 Å². The van der Waals surface area contributed by atoms with Gasteiger partial charge >= 0.3 is 13.1 Å². The van der Waals surface area contributed by atoms with Crippen LogP contribution in [0.1, 0.15) is 52.1 Å². The average Bonchev–Trinajstić information content (AvgIpc) is 3.25. The van der Waals surface area contributed by atoms with E-state index in [1.807, 2.05) is 53.2 Å². The van der Waals surface area contributed by atoms with Crippen molar-refractivity contribution >= 4 is 24.3 Å². The maximum Gasteiger partial charge on any atom is 0.498 e. The molecule has 0 saturated carbocycles. The Hall–Kier alpha value is -2.32. The lowest BCUT2D eigenvalue weighted by molar-refractivity contribution is 0.00578. The van der Waals surface area contributed by atoms with Gasteiger partial charge in [-0.3, -0.25) is 4.68 Å². The molecule has 8 heteroatoms. The van der Waals surface area contributed by atoms with Gasteiger partial charge in [-0.15, -0.1) is 0 Å². The van der Waals surface area contributed by atoms with Gasteiger partial charge in [0.15, 0.2) is 0 Å². The number of urea groups is 1. The number of carbonyl (C=O) groups is 1. The summed E-state index contributed by atoms with van der Waals surface area (Å²) >= 11 is 0. The topological polar surface area (TPSA) is 68.6 Å². The SMILES string of the molecule is Cc1cccc(NC(=O)N2CCC(n3cc(B4OC(C)(C)C(C)(C)O4)cn3)CC2)c1. The Balaban J connectivity index is 1.33. The predicted octanol–water partition coefficient (Wildman–Crippen LogP) is 3.36. The average molecular weight is 410 g/mol. The highest BCUT2D eigenvalue weighted by Crippen LogP contribution is 2.36. The number of piperidine rings is 1. The summed E-state index contributed by atoms with van der Waals surface area (Å²) in [6, 6.07) is 8.08. The highest BCUT2D eigenvalue weighted by atomic mass is 16.7. The second-order valence-corrected chi connectivity index (χ2v) is 9.36. The molecular formula is C22H31BN4O3. The molecular weight excluding hydrogens is 379 g/mol. The molecule has 0 radical (unpaired) electrons. The van der Waals surface area contributed by atoms with Crippen molar-refractivity contribution in [3.05, 3.63) is 42.2 Å². The van der Waals surface area contributed by atoms with Crippen LogP contribution in [0.4, 0.5) is 10.5 Å². The Bertz CT molecular complexity index is 903. The number of aromatic nitrogens is 2. The van der Waals surface area contributed by atoms with Gasteiger partial charge in [-0.1, -0.05) is 12.1 Å². The Labute approximate surface area is 178 Å². The van der Waals surface area contributed by atoms with Crippen molar-refractivity contribution in [2.45, 2.75) is 64.7 Å². The van der Waals surface area contributed by atoms with Crippen molar-refractivity contribution in [2.24, 2.45) is 0 Å². The van der Waals surface area contributed by atoms with Crippen LogP contribution in [0, 0.1) is 6.92 Å². The van der Waals surface area contributed by atoms with Crippen LogP contribution in [0.5, 0.6) is 0 Å². The standard InChI is InChI=1S/C22H31BN4O3/c1-16-7-6-8-18(13-16)25-20(28)26-11-9-19(10-12-26)27-15-17(14-24-27)23-29-21(2,3)22(4,5)30-23/h6-8,13-15,19H,9-12H2,1-5H3,(H,25,28). The van der Waals surface area contributed by atoms with Gasteiger partial charge in [-0.25, -0.2) is 4.79 Å². The molecule has 2 amide bonds. The lowest BCUT2D eigenvalue weighted by Crippen LogP contribution is -2.41. The smallest absolute Gasteiger partial charge is 0.399 e. The minimum Gasteiger partial charge on any atom is -0.399 e. The number of anilines is 1. The number of aryl methyl sites for hydroxylation is 1. The maximum atomic E-state index is 12.6. The third kappa shape index (κ3) is 4.11. The van der Waals surface area contributed by atoms with E-state index < -0.39 is 7.12 Å². The molecule has 2 fully saturated rings. The number of likely N-dealkylation sites (tertiary alicyclic amines) is 1. The number of nitrogens with zero attached hydrogens (tertiary/aromatic N) is 3. The molecule has 0 atom stereocenters. The molecule has 4 rings (SSSR count). The highest BCUT2D eigenvalue weighted by Gasteiger charge is 2.52. The summed E-state index contributed by atoms with van der Waals surface area (Å²) < 4.78 is 14.3. The molecule has 2 aromatic rings. The fourth-order valence-corrected chi connectivity index (χ4v) is 3.91. The summed E-state index contributed by atoms with van der Waals surface area (Å²) in [5, 5.41) is 7.56. The number of hydrogen-bond donors (Lipinski definition) is 1. The number of carbonyl (C=O) groups excluding carboxylic acids is 1. The zero-order valence-corrected chi connectivity index (χ0v) is 18.5. The molecule has 0 aliphatic carbocycles. The molecule has 1 aromatic carbocycles. The Kier molecular flexibility index (Phi) is 5.40. The summed E-state index contributed by atoms with van der Waals surface area (Å²) in [6.07, 6.45) is 5.59. The summed E-state index contributed by atoms with van der Waals surface area (Å²) in [5.41, 5.74) is 2.17. The molecule has 0 spiro atoms. The highest BCUT2D eigenvalue weighted by molar-refractivity contribution is 6.62.